The second-order valence-electron chi connectivity index (χ2n) is 6.22. The summed E-state index contributed by atoms with van der Waals surface area (Å²) >= 11 is 0. The molecule has 0 saturated heterocycles. The second-order valence-corrected chi connectivity index (χ2v) is 11.8. The fraction of sp³-hybridized carbons (Fsp3) is 0.467. The smallest absolute Gasteiger partial charge is 0.123 e. The third-order valence-electron chi connectivity index (χ3n) is 3.41. The number of aromatic nitrogens is 2. The molecular weight excluding hydrogens is 266 g/mol. The van der Waals surface area contributed by atoms with Gasteiger partial charge in [0.05, 0.1) is 11.1 Å². The first-order valence-corrected chi connectivity index (χ1v) is 10.6. The zero-order valence-corrected chi connectivity index (χ0v) is 13.6. The summed E-state index contributed by atoms with van der Waals surface area (Å²) in [5.74, 6) is 0. The Kier molecular flexibility index (Phi) is 4.26. The molecular formula is C15H21N3OSi. The molecule has 0 aliphatic rings. The van der Waals surface area contributed by atoms with Gasteiger partial charge in [0.2, 0.25) is 0 Å². The van der Waals surface area contributed by atoms with E-state index in [4.69, 9.17) is 4.74 Å². The van der Waals surface area contributed by atoms with Crippen molar-refractivity contribution in [2.45, 2.75) is 39.3 Å². The molecule has 5 heteroatoms. The van der Waals surface area contributed by atoms with Crippen molar-refractivity contribution in [3.63, 3.8) is 0 Å². The fourth-order valence-electron chi connectivity index (χ4n) is 2.13. The maximum absolute atomic E-state index is 9.27. The Morgan fingerprint density at radius 2 is 2.15 bits per heavy atom. The van der Waals surface area contributed by atoms with E-state index in [1.54, 1.807) is 6.20 Å². The molecule has 0 saturated carbocycles. The van der Waals surface area contributed by atoms with Gasteiger partial charge in [-0.2, -0.15) is 5.26 Å². The highest BCUT2D eigenvalue weighted by atomic mass is 28.3. The average Bonchev–Trinajstić information content (AvgIpc) is 2.65. The van der Waals surface area contributed by atoms with Gasteiger partial charge in [0.15, 0.2) is 0 Å². The van der Waals surface area contributed by atoms with Gasteiger partial charge in [-0.1, -0.05) is 19.6 Å². The number of ether oxygens (including phenoxy) is 1. The van der Waals surface area contributed by atoms with E-state index in [-0.39, 0.29) is 0 Å². The van der Waals surface area contributed by atoms with E-state index < -0.39 is 8.07 Å². The SMILES string of the molecule is Cc1c(C#N)c2ncccc2n1COCC[Si](C)(C)C. The highest BCUT2D eigenvalue weighted by Gasteiger charge is 2.15. The van der Waals surface area contributed by atoms with Crippen LogP contribution in [-0.2, 0) is 11.5 Å². The lowest BCUT2D eigenvalue weighted by atomic mass is 10.2. The molecule has 2 heterocycles. The molecule has 2 aromatic rings. The number of rotatable bonds is 5. The minimum Gasteiger partial charge on any atom is -0.361 e. The maximum atomic E-state index is 9.27. The number of fused-ring (bicyclic) bond motifs is 1. The molecule has 0 bridgehead atoms. The molecule has 0 aromatic carbocycles. The van der Waals surface area contributed by atoms with Crippen LogP contribution in [-0.4, -0.2) is 24.2 Å². The predicted molar refractivity (Wildman–Crippen MR) is 83.3 cm³/mol. The zero-order chi connectivity index (χ0) is 14.8. The largest absolute Gasteiger partial charge is 0.361 e. The Morgan fingerprint density at radius 1 is 1.40 bits per heavy atom. The van der Waals surface area contributed by atoms with Crippen molar-refractivity contribution in [1.29, 1.82) is 5.26 Å². The Hall–Kier alpha value is -1.64. The highest BCUT2D eigenvalue weighted by molar-refractivity contribution is 6.76. The van der Waals surface area contributed by atoms with Crippen molar-refractivity contribution in [1.82, 2.24) is 9.55 Å². The van der Waals surface area contributed by atoms with Crippen LogP contribution in [0.2, 0.25) is 25.7 Å². The Labute approximate surface area is 121 Å². The van der Waals surface area contributed by atoms with Gasteiger partial charge in [-0.15, -0.1) is 0 Å². The molecule has 0 aliphatic carbocycles. The topological polar surface area (TPSA) is 50.8 Å². The number of nitrogens with zero attached hydrogens (tertiary/aromatic N) is 3. The molecule has 0 N–H and O–H groups in total. The van der Waals surface area contributed by atoms with Crippen molar-refractivity contribution in [2.75, 3.05) is 6.61 Å². The Balaban J connectivity index is 2.18. The van der Waals surface area contributed by atoms with E-state index >= 15 is 0 Å². The van der Waals surface area contributed by atoms with E-state index in [1.165, 1.54) is 0 Å². The molecule has 20 heavy (non-hydrogen) atoms. The normalized spacial score (nSPS) is 11.8. The van der Waals surface area contributed by atoms with E-state index in [9.17, 15) is 5.26 Å². The third kappa shape index (κ3) is 3.09. The van der Waals surface area contributed by atoms with E-state index in [2.05, 4.69) is 30.7 Å². The van der Waals surface area contributed by atoms with E-state index in [0.717, 1.165) is 29.4 Å². The van der Waals surface area contributed by atoms with Crippen LogP contribution in [0.1, 0.15) is 11.3 Å². The Morgan fingerprint density at radius 3 is 2.80 bits per heavy atom. The quantitative estimate of drug-likeness (QED) is 0.624. The summed E-state index contributed by atoms with van der Waals surface area (Å²) in [6, 6.07) is 7.26. The Bertz CT molecular complexity index is 649. The molecule has 2 aromatic heterocycles. The van der Waals surface area contributed by atoms with Crippen LogP contribution in [0.25, 0.3) is 11.0 Å². The molecule has 2 rings (SSSR count). The molecule has 106 valence electrons. The molecule has 0 fully saturated rings. The van der Waals surface area contributed by atoms with Crippen LogP contribution in [0.3, 0.4) is 0 Å². The standard InChI is InChI=1S/C15H21N3OSi/c1-12-13(10-16)15-14(6-5-7-17-15)18(12)11-19-8-9-20(2,3)4/h5-7H,8-9,11H2,1-4H3. The van der Waals surface area contributed by atoms with Gasteiger partial charge in [0.25, 0.3) is 0 Å². The summed E-state index contributed by atoms with van der Waals surface area (Å²) in [5.41, 5.74) is 3.31. The second kappa shape index (κ2) is 5.78. The van der Waals surface area contributed by atoms with Crippen LogP contribution in [0, 0.1) is 18.3 Å². The van der Waals surface area contributed by atoms with Crippen LogP contribution in [0.4, 0.5) is 0 Å². The average molecular weight is 287 g/mol. The van der Waals surface area contributed by atoms with Gasteiger partial charge in [0.1, 0.15) is 18.3 Å². The molecule has 0 unspecified atom stereocenters. The number of hydrogen-bond acceptors (Lipinski definition) is 3. The van der Waals surface area contributed by atoms with E-state index in [0.29, 0.717) is 12.3 Å². The van der Waals surface area contributed by atoms with Gasteiger partial charge in [-0.05, 0) is 25.1 Å². The number of nitriles is 1. The predicted octanol–water partition coefficient (Wildman–Crippen LogP) is 3.53. The van der Waals surface area contributed by atoms with Crippen molar-refractivity contribution < 1.29 is 4.74 Å². The number of pyridine rings is 1. The number of hydrogen-bond donors (Lipinski definition) is 0. The first-order chi connectivity index (χ1) is 9.44. The molecule has 0 spiro atoms. The summed E-state index contributed by atoms with van der Waals surface area (Å²) in [4.78, 5) is 4.31. The molecule has 0 radical (unpaired) electrons. The highest BCUT2D eigenvalue weighted by Crippen LogP contribution is 2.23. The first-order valence-electron chi connectivity index (χ1n) is 6.86. The van der Waals surface area contributed by atoms with Crippen LogP contribution in [0.5, 0.6) is 0 Å². The minimum atomic E-state index is -1.06. The summed E-state index contributed by atoms with van der Waals surface area (Å²) in [6.07, 6.45) is 1.72. The molecule has 0 amide bonds. The van der Waals surface area contributed by atoms with Crippen LogP contribution >= 0.6 is 0 Å². The summed E-state index contributed by atoms with van der Waals surface area (Å²) in [7, 11) is -1.06. The lowest BCUT2D eigenvalue weighted by Gasteiger charge is -2.16. The van der Waals surface area contributed by atoms with Crippen molar-refractivity contribution in [3.8, 4) is 6.07 Å². The van der Waals surface area contributed by atoms with Gasteiger partial charge in [-0.25, -0.2) is 0 Å². The van der Waals surface area contributed by atoms with Gasteiger partial charge < -0.3 is 9.30 Å². The maximum Gasteiger partial charge on any atom is 0.123 e. The van der Waals surface area contributed by atoms with Gasteiger partial charge in [-0.3, -0.25) is 4.98 Å². The van der Waals surface area contributed by atoms with Gasteiger partial charge in [0, 0.05) is 26.6 Å². The van der Waals surface area contributed by atoms with Crippen molar-refractivity contribution in [2.24, 2.45) is 0 Å². The monoisotopic (exact) mass is 287 g/mol. The van der Waals surface area contributed by atoms with Gasteiger partial charge >= 0.3 is 0 Å². The fourth-order valence-corrected chi connectivity index (χ4v) is 2.89. The minimum absolute atomic E-state index is 0.486. The lowest BCUT2D eigenvalue weighted by molar-refractivity contribution is 0.0890. The first kappa shape index (κ1) is 14.8. The van der Waals surface area contributed by atoms with Crippen molar-refractivity contribution in [3.05, 3.63) is 29.6 Å². The summed E-state index contributed by atoms with van der Waals surface area (Å²) in [5, 5.41) is 9.27. The third-order valence-corrected chi connectivity index (χ3v) is 5.11. The van der Waals surface area contributed by atoms with Crippen LogP contribution in [0.15, 0.2) is 18.3 Å². The molecule has 0 atom stereocenters. The summed E-state index contributed by atoms with van der Waals surface area (Å²) in [6.45, 7) is 10.2. The van der Waals surface area contributed by atoms with Crippen LogP contribution < -0.4 is 0 Å². The lowest BCUT2D eigenvalue weighted by Crippen LogP contribution is -2.22. The zero-order valence-electron chi connectivity index (χ0n) is 12.6. The molecule has 4 nitrogen and oxygen atoms in total. The van der Waals surface area contributed by atoms with Crippen molar-refractivity contribution >= 4 is 19.1 Å². The summed E-state index contributed by atoms with van der Waals surface area (Å²) < 4.78 is 7.84. The molecule has 0 aliphatic heterocycles. The van der Waals surface area contributed by atoms with E-state index in [1.807, 2.05) is 23.6 Å².